The summed E-state index contributed by atoms with van der Waals surface area (Å²) in [5.74, 6) is -0.513. The van der Waals surface area contributed by atoms with E-state index >= 15 is 0 Å². The fourth-order valence-corrected chi connectivity index (χ4v) is 2.12. The van der Waals surface area contributed by atoms with Crippen molar-refractivity contribution in [1.82, 2.24) is 14.9 Å². The lowest BCUT2D eigenvalue weighted by Gasteiger charge is -2.10. The number of halogens is 1. The zero-order valence-electron chi connectivity index (χ0n) is 10.7. The van der Waals surface area contributed by atoms with Crippen LogP contribution in [0.25, 0.3) is 11.3 Å². The van der Waals surface area contributed by atoms with Gasteiger partial charge in [0.2, 0.25) is 0 Å². The van der Waals surface area contributed by atoms with E-state index in [4.69, 9.17) is 0 Å². The molecule has 100 valence electrons. The molecular weight excluding hydrogens is 265 g/mol. The van der Waals surface area contributed by atoms with Crippen LogP contribution in [0.15, 0.2) is 24.3 Å². The Morgan fingerprint density at radius 1 is 1.42 bits per heavy atom. The molecule has 0 unspecified atom stereocenters. The van der Waals surface area contributed by atoms with Crippen molar-refractivity contribution in [3.8, 4) is 11.3 Å². The van der Waals surface area contributed by atoms with Crippen molar-refractivity contribution in [2.75, 3.05) is 0 Å². The van der Waals surface area contributed by atoms with Gasteiger partial charge >= 0.3 is 0 Å². The fourth-order valence-electron chi connectivity index (χ4n) is 1.53. The number of aromatic nitrogens is 2. The van der Waals surface area contributed by atoms with Crippen LogP contribution in [0.1, 0.15) is 29.9 Å². The molecule has 0 saturated carbocycles. The first kappa shape index (κ1) is 13.6. The molecule has 1 atom stereocenters. The molecule has 0 radical (unpaired) electrons. The lowest BCUT2D eigenvalue weighted by atomic mass is 10.1. The fraction of sp³-hybridized carbons (Fsp3) is 0.308. The lowest BCUT2D eigenvalue weighted by Crippen LogP contribution is -2.31. The molecule has 2 rings (SSSR count). The number of rotatable bonds is 4. The quantitative estimate of drug-likeness (QED) is 0.936. The Hall–Kier alpha value is -1.82. The van der Waals surface area contributed by atoms with Crippen LogP contribution >= 0.6 is 11.5 Å². The van der Waals surface area contributed by atoms with Gasteiger partial charge in [0, 0.05) is 11.6 Å². The van der Waals surface area contributed by atoms with Crippen molar-refractivity contribution >= 4 is 17.4 Å². The molecule has 1 heterocycles. The smallest absolute Gasteiger partial charge is 0.265 e. The zero-order valence-corrected chi connectivity index (χ0v) is 11.5. The monoisotopic (exact) mass is 279 g/mol. The minimum absolute atomic E-state index is 0.0932. The average molecular weight is 279 g/mol. The first-order chi connectivity index (χ1) is 9.11. The van der Waals surface area contributed by atoms with Gasteiger partial charge in [0.1, 0.15) is 16.4 Å². The Kier molecular flexibility index (Phi) is 4.21. The van der Waals surface area contributed by atoms with E-state index < -0.39 is 0 Å². The van der Waals surface area contributed by atoms with E-state index in [1.165, 1.54) is 12.1 Å². The number of carbonyl (C=O) groups excluding carboxylic acids is 1. The van der Waals surface area contributed by atoms with Gasteiger partial charge in [-0.1, -0.05) is 11.4 Å². The molecule has 1 amide bonds. The Bertz CT molecular complexity index is 568. The topological polar surface area (TPSA) is 54.9 Å². The zero-order chi connectivity index (χ0) is 13.8. The second kappa shape index (κ2) is 5.88. The summed E-state index contributed by atoms with van der Waals surface area (Å²) in [5, 5.41) is 6.83. The number of benzene rings is 1. The second-order valence-corrected chi connectivity index (χ2v) is 4.99. The van der Waals surface area contributed by atoms with Gasteiger partial charge in [0.25, 0.3) is 5.91 Å². The van der Waals surface area contributed by atoms with Crippen LogP contribution in [-0.2, 0) is 0 Å². The Labute approximate surface area is 114 Å². The van der Waals surface area contributed by atoms with Crippen LogP contribution in [0.3, 0.4) is 0 Å². The Morgan fingerprint density at radius 2 is 2.11 bits per heavy atom. The van der Waals surface area contributed by atoms with Crippen molar-refractivity contribution in [3.63, 3.8) is 0 Å². The summed E-state index contributed by atoms with van der Waals surface area (Å²) in [6, 6.07) is 5.95. The lowest BCUT2D eigenvalue weighted by molar-refractivity contribution is 0.0944. The molecule has 4 nitrogen and oxygen atoms in total. The summed E-state index contributed by atoms with van der Waals surface area (Å²) in [7, 11) is 0. The van der Waals surface area contributed by atoms with Gasteiger partial charge in [-0.15, -0.1) is 5.10 Å². The molecule has 1 N–H and O–H groups in total. The summed E-state index contributed by atoms with van der Waals surface area (Å²) in [5.41, 5.74) is 1.18. The van der Waals surface area contributed by atoms with Crippen molar-refractivity contribution in [3.05, 3.63) is 35.0 Å². The molecule has 0 spiro atoms. The van der Waals surface area contributed by atoms with Crippen LogP contribution in [0.2, 0.25) is 0 Å². The number of hydrogen-bond acceptors (Lipinski definition) is 4. The minimum atomic E-state index is -0.322. The molecule has 0 aliphatic carbocycles. The number of amides is 1. The van der Waals surface area contributed by atoms with Crippen LogP contribution < -0.4 is 5.32 Å². The minimum Gasteiger partial charge on any atom is -0.349 e. The summed E-state index contributed by atoms with van der Waals surface area (Å²) in [6.45, 7) is 3.93. The van der Waals surface area contributed by atoms with Gasteiger partial charge in [-0.25, -0.2) is 4.39 Å². The van der Waals surface area contributed by atoms with Crippen LogP contribution in [0.5, 0.6) is 0 Å². The molecule has 0 aliphatic heterocycles. The Morgan fingerprint density at radius 3 is 2.74 bits per heavy atom. The predicted octanol–water partition coefficient (Wildman–Crippen LogP) is 2.87. The highest BCUT2D eigenvalue weighted by molar-refractivity contribution is 7.08. The first-order valence-corrected chi connectivity index (χ1v) is 6.78. The van der Waals surface area contributed by atoms with Crippen molar-refractivity contribution in [2.45, 2.75) is 26.3 Å². The molecule has 1 aromatic heterocycles. The standard InChI is InChI=1S/C13H14FN3OS/c1-3-8(2)15-13(18)12-11(16-17-19-12)9-4-6-10(14)7-5-9/h4-8H,3H2,1-2H3,(H,15,18)/t8-/m0/s1. The van der Waals surface area contributed by atoms with E-state index in [9.17, 15) is 9.18 Å². The SMILES string of the molecule is CC[C@H](C)NC(=O)c1snnc1-c1ccc(F)cc1. The molecule has 1 aromatic carbocycles. The summed E-state index contributed by atoms with van der Waals surface area (Å²) in [4.78, 5) is 12.5. The van der Waals surface area contributed by atoms with Crippen LogP contribution in [0, 0.1) is 5.82 Å². The highest BCUT2D eigenvalue weighted by atomic mass is 32.1. The summed E-state index contributed by atoms with van der Waals surface area (Å²) >= 11 is 1.04. The molecule has 0 saturated heterocycles. The van der Waals surface area contributed by atoms with E-state index in [0.29, 0.717) is 16.1 Å². The van der Waals surface area contributed by atoms with Gasteiger partial charge < -0.3 is 5.32 Å². The molecule has 6 heteroatoms. The van der Waals surface area contributed by atoms with Crippen LogP contribution in [-0.4, -0.2) is 21.5 Å². The third-order valence-electron chi connectivity index (χ3n) is 2.80. The van der Waals surface area contributed by atoms with E-state index in [0.717, 1.165) is 18.0 Å². The molecule has 0 aliphatic rings. The summed E-state index contributed by atoms with van der Waals surface area (Å²) < 4.78 is 16.7. The van der Waals surface area contributed by atoms with Gasteiger partial charge in [-0.05, 0) is 49.1 Å². The second-order valence-electron chi connectivity index (χ2n) is 4.24. The van der Waals surface area contributed by atoms with Crippen LogP contribution in [0.4, 0.5) is 4.39 Å². The van der Waals surface area contributed by atoms with Gasteiger partial charge in [-0.3, -0.25) is 4.79 Å². The van der Waals surface area contributed by atoms with E-state index in [2.05, 4.69) is 14.9 Å². The highest BCUT2D eigenvalue weighted by Crippen LogP contribution is 2.24. The van der Waals surface area contributed by atoms with Crippen molar-refractivity contribution in [1.29, 1.82) is 0 Å². The molecule has 2 aromatic rings. The normalized spacial score (nSPS) is 12.2. The maximum absolute atomic E-state index is 12.9. The highest BCUT2D eigenvalue weighted by Gasteiger charge is 2.18. The average Bonchev–Trinajstić information content (AvgIpc) is 2.88. The van der Waals surface area contributed by atoms with Crippen molar-refractivity contribution in [2.24, 2.45) is 0 Å². The van der Waals surface area contributed by atoms with Gasteiger partial charge in [0.15, 0.2) is 0 Å². The van der Waals surface area contributed by atoms with Gasteiger partial charge in [-0.2, -0.15) is 0 Å². The van der Waals surface area contributed by atoms with Gasteiger partial charge in [0.05, 0.1) is 0 Å². The molecule has 19 heavy (non-hydrogen) atoms. The summed E-state index contributed by atoms with van der Waals surface area (Å²) in [6.07, 6.45) is 0.851. The predicted molar refractivity (Wildman–Crippen MR) is 72.5 cm³/mol. The number of hydrogen-bond donors (Lipinski definition) is 1. The largest absolute Gasteiger partial charge is 0.349 e. The van der Waals surface area contributed by atoms with E-state index in [1.54, 1.807) is 12.1 Å². The molecule has 0 fully saturated rings. The maximum atomic E-state index is 12.9. The number of nitrogens with zero attached hydrogens (tertiary/aromatic N) is 2. The Balaban J connectivity index is 2.27. The van der Waals surface area contributed by atoms with E-state index in [1.807, 2.05) is 13.8 Å². The third kappa shape index (κ3) is 3.14. The maximum Gasteiger partial charge on any atom is 0.265 e. The van der Waals surface area contributed by atoms with E-state index in [-0.39, 0.29) is 17.8 Å². The third-order valence-corrected chi connectivity index (χ3v) is 3.53. The number of nitrogens with one attached hydrogen (secondary N) is 1. The van der Waals surface area contributed by atoms with Crippen molar-refractivity contribution < 1.29 is 9.18 Å². The first-order valence-electron chi connectivity index (χ1n) is 6.01. The molecular formula is C13H14FN3OS. The number of carbonyl (C=O) groups is 1. The molecule has 0 bridgehead atoms.